The number of aliphatic hydroxyl groups is 1. The van der Waals surface area contributed by atoms with Crippen molar-refractivity contribution in [3.63, 3.8) is 0 Å². The Morgan fingerprint density at radius 1 is 0.917 bits per heavy atom. The number of epoxide rings is 1. The van der Waals surface area contributed by atoms with Gasteiger partial charge in [-0.15, -0.1) is 0 Å². The van der Waals surface area contributed by atoms with Crippen LogP contribution in [0.15, 0.2) is 12.2 Å². The Labute approximate surface area is 140 Å². The molecule has 1 N–H and O–H groups in total. The molecule has 3 saturated heterocycles. The minimum Gasteiger partial charge on any atom is -0.381 e. The highest BCUT2D eigenvalue weighted by molar-refractivity contribution is 5.41. The highest BCUT2D eigenvalue weighted by atomic mass is 16.8. The minimum absolute atomic E-state index is 0.278. The normalized spacial score (nSPS) is 58.2. The Bertz CT molecular complexity index is 683. The van der Waals surface area contributed by atoms with Crippen molar-refractivity contribution in [1.29, 1.82) is 5.26 Å². The van der Waals surface area contributed by atoms with Gasteiger partial charge in [0.2, 0.25) is 0 Å². The third-order valence-corrected chi connectivity index (χ3v) is 5.83. The summed E-state index contributed by atoms with van der Waals surface area (Å²) in [7, 11) is 0. The molecule has 8 atom stereocenters. The molecule has 1 saturated carbocycles. The number of nitriles is 1. The molecule has 7 heteroatoms. The lowest BCUT2D eigenvalue weighted by molar-refractivity contribution is -0.212. The predicted molar refractivity (Wildman–Crippen MR) is 78.4 cm³/mol. The van der Waals surface area contributed by atoms with Crippen LogP contribution < -0.4 is 0 Å². The fourth-order valence-corrected chi connectivity index (χ4v) is 4.94. The van der Waals surface area contributed by atoms with Crippen molar-refractivity contribution in [3.05, 3.63) is 12.2 Å². The van der Waals surface area contributed by atoms with Crippen molar-refractivity contribution in [2.24, 2.45) is 5.41 Å². The Morgan fingerprint density at radius 2 is 1.58 bits per heavy atom. The molecule has 24 heavy (non-hydrogen) atoms. The third-order valence-electron chi connectivity index (χ3n) is 5.83. The van der Waals surface area contributed by atoms with E-state index in [1.54, 1.807) is 39.8 Å². The molecule has 0 spiro atoms. The second kappa shape index (κ2) is 4.04. The van der Waals surface area contributed by atoms with Crippen LogP contribution in [0.3, 0.4) is 0 Å². The van der Waals surface area contributed by atoms with Crippen molar-refractivity contribution in [1.82, 2.24) is 0 Å². The summed E-state index contributed by atoms with van der Waals surface area (Å²) in [6.45, 7) is 7.21. The number of hydrogen-bond donors (Lipinski definition) is 1. The van der Waals surface area contributed by atoms with E-state index in [1.165, 1.54) is 0 Å². The van der Waals surface area contributed by atoms with E-state index in [0.29, 0.717) is 0 Å². The molecule has 2 aliphatic carbocycles. The lowest BCUT2D eigenvalue weighted by Crippen LogP contribution is -2.71. The third kappa shape index (κ3) is 1.57. The fraction of sp³-hybridized carbons (Fsp3) is 0.824. The van der Waals surface area contributed by atoms with Gasteiger partial charge in [-0.1, -0.05) is 6.08 Å². The van der Waals surface area contributed by atoms with Gasteiger partial charge in [0.05, 0.1) is 6.07 Å². The molecule has 4 fully saturated rings. The molecule has 3 aliphatic heterocycles. The molecule has 130 valence electrons. The van der Waals surface area contributed by atoms with Gasteiger partial charge < -0.3 is 28.8 Å². The van der Waals surface area contributed by atoms with E-state index in [-0.39, 0.29) is 6.10 Å². The number of rotatable bonds is 0. The zero-order valence-electron chi connectivity index (χ0n) is 14.1. The van der Waals surface area contributed by atoms with Crippen molar-refractivity contribution < 1.29 is 28.8 Å². The van der Waals surface area contributed by atoms with Gasteiger partial charge in [-0.25, -0.2) is 0 Å². The van der Waals surface area contributed by atoms with Crippen LogP contribution in [0.2, 0.25) is 0 Å². The Kier molecular flexibility index (Phi) is 2.57. The lowest BCUT2D eigenvalue weighted by Gasteiger charge is -2.51. The summed E-state index contributed by atoms with van der Waals surface area (Å²) in [5, 5.41) is 21.7. The van der Waals surface area contributed by atoms with Gasteiger partial charge in [0.15, 0.2) is 11.6 Å². The first kappa shape index (κ1) is 15.3. The average Bonchev–Trinajstić information content (AvgIpc) is 3.13. The van der Waals surface area contributed by atoms with Crippen LogP contribution in [0.4, 0.5) is 0 Å². The maximum absolute atomic E-state index is 11.5. The summed E-state index contributed by atoms with van der Waals surface area (Å²) in [4.78, 5) is 0. The molecule has 5 aliphatic rings. The monoisotopic (exact) mass is 335 g/mol. The summed E-state index contributed by atoms with van der Waals surface area (Å²) in [6.07, 6.45) is 0.462. The molecular weight excluding hydrogens is 314 g/mol. The Balaban J connectivity index is 1.69. The molecule has 7 nitrogen and oxygen atoms in total. The first-order chi connectivity index (χ1) is 11.1. The van der Waals surface area contributed by atoms with Crippen molar-refractivity contribution >= 4 is 0 Å². The van der Waals surface area contributed by atoms with Crippen LogP contribution in [0.5, 0.6) is 0 Å². The molecule has 0 amide bonds. The summed E-state index contributed by atoms with van der Waals surface area (Å²) >= 11 is 0. The molecule has 0 bridgehead atoms. The first-order valence-corrected chi connectivity index (χ1v) is 8.33. The Morgan fingerprint density at radius 3 is 2.29 bits per heavy atom. The number of nitrogens with zero attached hydrogens (tertiary/aromatic N) is 1. The SMILES string of the molecule is CC1(C)O[C@@H]2[C@H]3O[C@H]3[C@]3(O)C=C[C@@H]4OC(C)(C)O[C@@H]4[C@@]3(C#N)[C@@H]2O1. The highest BCUT2D eigenvalue weighted by Gasteiger charge is 2.82. The van der Waals surface area contributed by atoms with Gasteiger partial charge in [-0.05, 0) is 33.8 Å². The summed E-state index contributed by atoms with van der Waals surface area (Å²) < 4.78 is 29.8. The zero-order valence-corrected chi connectivity index (χ0v) is 14.1. The van der Waals surface area contributed by atoms with E-state index in [4.69, 9.17) is 23.7 Å². The molecule has 0 aromatic heterocycles. The highest BCUT2D eigenvalue weighted by Crippen LogP contribution is 2.63. The molecule has 0 aromatic carbocycles. The summed E-state index contributed by atoms with van der Waals surface area (Å²) in [5.74, 6) is -1.70. The van der Waals surface area contributed by atoms with E-state index in [2.05, 4.69) is 6.07 Å². The Hall–Kier alpha value is -1.01. The first-order valence-electron chi connectivity index (χ1n) is 8.33. The molecule has 5 rings (SSSR count). The summed E-state index contributed by atoms with van der Waals surface area (Å²) in [6, 6.07) is 2.34. The molecule has 0 aromatic rings. The molecule has 0 unspecified atom stereocenters. The van der Waals surface area contributed by atoms with Crippen LogP contribution in [0, 0.1) is 16.7 Å². The lowest BCUT2D eigenvalue weighted by atomic mass is 9.55. The van der Waals surface area contributed by atoms with Gasteiger partial charge in [0.1, 0.15) is 47.6 Å². The fourth-order valence-electron chi connectivity index (χ4n) is 4.94. The number of ether oxygens (including phenoxy) is 5. The van der Waals surface area contributed by atoms with E-state index in [1.807, 2.05) is 0 Å². The smallest absolute Gasteiger partial charge is 0.164 e. The van der Waals surface area contributed by atoms with E-state index < -0.39 is 53.1 Å². The molecule has 3 heterocycles. The topological polar surface area (TPSA) is 93.5 Å². The van der Waals surface area contributed by atoms with Crippen LogP contribution in [-0.4, -0.2) is 58.9 Å². The van der Waals surface area contributed by atoms with Gasteiger partial charge in [-0.3, -0.25) is 0 Å². The van der Waals surface area contributed by atoms with Crippen LogP contribution >= 0.6 is 0 Å². The molecule has 0 radical (unpaired) electrons. The van der Waals surface area contributed by atoms with Crippen molar-refractivity contribution in [3.8, 4) is 6.07 Å². The molecular formula is C17H21NO6. The second-order valence-corrected chi connectivity index (χ2v) is 8.23. The van der Waals surface area contributed by atoms with Crippen LogP contribution in [0.1, 0.15) is 27.7 Å². The summed E-state index contributed by atoms with van der Waals surface area (Å²) in [5.41, 5.74) is -2.86. The van der Waals surface area contributed by atoms with E-state index >= 15 is 0 Å². The van der Waals surface area contributed by atoms with E-state index in [9.17, 15) is 10.4 Å². The van der Waals surface area contributed by atoms with Crippen LogP contribution in [0.25, 0.3) is 0 Å². The quantitative estimate of drug-likeness (QED) is 0.512. The van der Waals surface area contributed by atoms with Gasteiger partial charge in [0, 0.05) is 0 Å². The maximum Gasteiger partial charge on any atom is 0.164 e. The van der Waals surface area contributed by atoms with Crippen molar-refractivity contribution in [2.75, 3.05) is 0 Å². The number of fused-ring (bicyclic) bond motifs is 8. The van der Waals surface area contributed by atoms with E-state index in [0.717, 1.165) is 0 Å². The van der Waals surface area contributed by atoms with Gasteiger partial charge >= 0.3 is 0 Å². The average molecular weight is 335 g/mol. The zero-order chi connectivity index (χ0) is 17.1. The minimum atomic E-state index is -1.50. The van der Waals surface area contributed by atoms with Crippen LogP contribution in [-0.2, 0) is 23.7 Å². The predicted octanol–water partition coefficient (Wildman–Crippen LogP) is 0.618. The largest absolute Gasteiger partial charge is 0.381 e. The van der Waals surface area contributed by atoms with Gasteiger partial charge in [-0.2, -0.15) is 5.26 Å². The maximum atomic E-state index is 11.5. The standard InChI is InChI=1S/C17H21NO6/c1-14(2)21-8-5-6-17(19)13-9(20-13)10-12(24-15(3,4)22-10)16(17,7-18)11(8)23-14/h5-6,8-13,19H,1-4H3/t8-,9+,10+,11-,12+,13+,16-,17+/m0/s1. The van der Waals surface area contributed by atoms with Crippen molar-refractivity contribution in [2.45, 2.75) is 81.5 Å². The van der Waals surface area contributed by atoms with Gasteiger partial charge in [0.25, 0.3) is 0 Å². The second-order valence-electron chi connectivity index (χ2n) is 8.23. The number of hydrogen-bond acceptors (Lipinski definition) is 7.